The Hall–Kier alpha value is -2.25. The van der Waals surface area contributed by atoms with Gasteiger partial charge in [0.2, 0.25) is 5.91 Å². The highest BCUT2D eigenvalue weighted by molar-refractivity contribution is 7.92. The quantitative estimate of drug-likeness (QED) is 0.817. The average molecular weight is 369 g/mol. The Balaban J connectivity index is 2.38. The monoisotopic (exact) mass is 368 g/mol. The highest BCUT2D eigenvalue weighted by Gasteiger charge is 2.18. The Morgan fingerprint density at radius 2 is 1.88 bits per heavy atom. The normalized spacial score (nSPS) is 11.0. The van der Waals surface area contributed by atoms with E-state index in [-0.39, 0.29) is 33.6 Å². The molecule has 0 radical (unpaired) electrons. The standard InChI is InChI=1S/C16H17ClN2O4S/c1-3-16(20)18-14-10-11(8-9-15(14)23-2)24(21,22)19-13-7-5-4-6-12(13)17/h4-10,19H,3H2,1-2H3,(H,18,20). The van der Waals surface area contributed by atoms with Crippen LogP contribution in [0.25, 0.3) is 0 Å². The average Bonchev–Trinajstić information content (AvgIpc) is 2.56. The molecule has 0 aliphatic carbocycles. The molecule has 0 heterocycles. The lowest BCUT2D eigenvalue weighted by Crippen LogP contribution is -2.15. The van der Waals surface area contributed by atoms with E-state index in [2.05, 4.69) is 10.0 Å². The van der Waals surface area contributed by atoms with Crippen LogP contribution in [0.15, 0.2) is 47.4 Å². The molecule has 2 aromatic carbocycles. The second kappa shape index (κ2) is 7.55. The number of rotatable bonds is 6. The Morgan fingerprint density at radius 1 is 1.17 bits per heavy atom. The predicted octanol–water partition coefficient (Wildman–Crippen LogP) is 3.50. The lowest BCUT2D eigenvalue weighted by Gasteiger charge is -2.13. The van der Waals surface area contributed by atoms with Crippen LogP contribution < -0.4 is 14.8 Å². The maximum Gasteiger partial charge on any atom is 0.262 e. The minimum absolute atomic E-state index is 0.0189. The van der Waals surface area contributed by atoms with E-state index >= 15 is 0 Å². The van der Waals surface area contributed by atoms with Crippen LogP contribution in [0.4, 0.5) is 11.4 Å². The first-order chi connectivity index (χ1) is 11.4. The maximum absolute atomic E-state index is 12.5. The van der Waals surface area contributed by atoms with Gasteiger partial charge in [-0.25, -0.2) is 8.42 Å². The number of carbonyl (C=O) groups excluding carboxylic acids is 1. The molecule has 24 heavy (non-hydrogen) atoms. The molecule has 2 N–H and O–H groups in total. The number of halogens is 1. The lowest BCUT2D eigenvalue weighted by atomic mass is 10.3. The number of ether oxygens (including phenoxy) is 1. The van der Waals surface area contributed by atoms with E-state index in [1.807, 2.05) is 0 Å². The Bertz CT molecular complexity index is 853. The number of amides is 1. The van der Waals surface area contributed by atoms with Crippen LogP contribution in [0.2, 0.25) is 5.02 Å². The van der Waals surface area contributed by atoms with Gasteiger partial charge in [-0.15, -0.1) is 0 Å². The van der Waals surface area contributed by atoms with Crippen molar-refractivity contribution >= 4 is 38.9 Å². The van der Waals surface area contributed by atoms with Gasteiger partial charge in [-0.3, -0.25) is 9.52 Å². The molecule has 2 aromatic rings. The molecule has 6 nitrogen and oxygen atoms in total. The first-order valence-corrected chi connectivity index (χ1v) is 8.98. The van der Waals surface area contributed by atoms with Crippen molar-refractivity contribution in [2.45, 2.75) is 18.2 Å². The van der Waals surface area contributed by atoms with E-state index in [0.29, 0.717) is 5.75 Å². The van der Waals surface area contributed by atoms with Gasteiger partial charge in [0.1, 0.15) is 5.75 Å². The van der Waals surface area contributed by atoms with Crippen molar-refractivity contribution in [2.24, 2.45) is 0 Å². The second-order valence-corrected chi connectivity index (χ2v) is 6.94. The zero-order valence-electron chi connectivity index (χ0n) is 13.2. The smallest absolute Gasteiger partial charge is 0.262 e. The van der Waals surface area contributed by atoms with E-state index in [1.54, 1.807) is 31.2 Å². The fraction of sp³-hybridized carbons (Fsp3) is 0.188. The molecule has 0 unspecified atom stereocenters. The van der Waals surface area contributed by atoms with Gasteiger partial charge < -0.3 is 10.1 Å². The molecule has 1 amide bonds. The molecular formula is C16H17ClN2O4S. The molecule has 0 aliphatic rings. The van der Waals surface area contributed by atoms with Crippen LogP contribution in [0.1, 0.15) is 13.3 Å². The van der Waals surface area contributed by atoms with E-state index in [1.165, 1.54) is 25.3 Å². The van der Waals surface area contributed by atoms with Crippen molar-refractivity contribution in [1.29, 1.82) is 0 Å². The van der Waals surface area contributed by atoms with Crippen molar-refractivity contribution in [3.8, 4) is 5.75 Å². The molecule has 0 fully saturated rings. The van der Waals surface area contributed by atoms with Crippen LogP contribution >= 0.6 is 11.6 Å². The first kappa shape index (κ1) is 18.1. The third-order valence-corrected chi connectivity index (χ3v) is 4.89. The first-order valence-electron chi connectivity index (χ1n) is 7.12. The summed E-state index contributed by atoms with van der Waals surface area (Å²) in [5.74, 6) is 0.121. The van der Waals surface area contributed by atoms with Crippen LogP contribution in [0.5, 0.6) is 5.75 Å². The van der Waals surface area contributed by atoms with Gasteiger partial charge in [0, 0.05) is 6.42 Å². The summed E-state index contributed by atoms with van der Waals surface area (Å²) in [6, 6.07) is 10.7. The topological polar surface area (TPSA) is 84.5 Å². The van der Waals surface area contributed by atoms with E-state index in [0.717, 1.165) is 0 Å². The number of benzene rings is 2. The fourth-order valence-electron chi connectivity index (χ4n) is 1.94. The third-order valence-electron chi connectivity index (χ3n) is 3.19. The number of hydrogen-bond donors (Lipinski definition) is 2. The SMILES string of the molecule is CCC(=O)Nc1cc(S(=O)(=O)Nc2ccccc2Cl)ccc1OC. The van der Waals surface area contributed by atoms with Gasteiger partial charge in [0.25, 0.3) is 10.0 Å². The molecular weight excluding hydrogens is 352 g/mol. The molecule has 0 aliphatic heterocycles. The molecule has 0 saturated carbocycles. The molecule has 2 rings (SSSR count). The zero-order valence-corrected chi connectivity index (χ0v) is 14.7. The van der Waals surface area contributed by atoms with Gasteiger partial charge in [0.15, 0.2) is 0 Å². The molecule has 0 spiro atoms. The third kappa shape index (κ3) is 4.18. The van der Waals surface area contributed by atoms with Crippen molar-refractivity contribution in [3.63, 3.8) is 0 Å². The van der Waals surface area contributed by atoms with Gasteiger partial charge in [-0.05, 0) is 30.3 Å². The summed E-state index contributed by atoms with van der Waals surface area (Å²) in [7, 11) is -2.43. The molecule has 8 heteroatoms. The van der Waals surface area contributed by atoms with Gasteiger partial charge in [-0.2, -0.15) is 0 Å². The summed E-state index contributed by atoms with van der Waals surface area (Å²) in [6.45, 7) is 1.70. The highest BCUT2D eigenvalue weighted by atomic mass is 35.5. The molecule has 0 saturated heterocycles. The number of anilines is 2. The number of sulfonamides is 1. The van der Waals surface area contributed by atoms with Crippen LogP contribution in [0, 0.1) is 0 Å². The fourth-order valence-corrected chi connectivity index (χ4v) is 3.28. The molecule has 0 aromatic heterocycles. The van der Waals surface area contributed by atoms with Crippen molar-refractivity contribution < 1.29 is 17.9 Å². The number of para-hydroxylation sites is 1. The van der Waals surface area contributed by atoms with E-state index in [9.17, 15) is 13.2 Å². The second-order valence-electron chi connectivity index (χ2n) is 4.85. The van der Waals surface area contributed by atoms with Crippen molar-refractivity contribution in [2.75, 3.05) is 17.1 Å². The van der Waals surface area contributed by atoms with Crippen LogP contribution in [-0.4, -0.2) is 21.4 Å². The van der Waals surface area contributed by atoms with Gasteiger partial charge in [0.05, 0.1) is 28.4 Å². The van der Waals surface area contributed by atoms with Gasteiger partial charge >= 0.3 is 0 Å². The molecule has 128 valence electrons. The number of nitrogens with one attached hydrogen (secondary N) is 2. The maximum atomic E-state index is 12.5. The molecule has 0 bridgehead atoms. The predicted molar refractivity (Wildman–Crippen MR) is 94.2 cm³/mol. The van der Waals surface area contributed by atoms with Crippen LogP contribution in [-0.2, 0) is 14.8 Å². The summed E-state index contributed by atoms with van der Waals surface area (Å²) in [5, 5.41) is 2.90. The zero-order chi connectivity index (χ0) is 17.7. The van der Waals surface area contributed by atoms with Crippen molar-refractivity contribution in [1.82, 2.24) is 0 Å². The largest absolute Gasteiger partial charge is 0.495 e. The Morgan fingerprint density at radius 3 is 2.50 bits per heavy atom. The minimum atomic E-state index is -3.87. The van der Waals surface area contributed by atoms with E-state index in [4.69, 9.17) is 16.3 Å². The summed E-state index contributed by atoms with van der Waals surface area (Å²) in [6.07, 6.45) is 0.262. The summed E-state index contributed by atoms with van der Waals surface area (Å²) in [4.78, 5) is 11.6. The van der Waals surface area contributed by atoms with Crippen LogP contribution in [0.3, 0.4) is 0 Å². The number of carbonyl (C=O) groups is 1. The Labute approximate surface area is 145 Å². The minimum Gasteiger partial charge on any atom is -0.495 e. The van der Waals surface area contributed by atoms with Gasteiger partial charge in [-0.1, -0.05) is 30.7 Å². The Kier molecular flexibility index (Phi) is 5.69. The number of methoxy groups -OCH3 is 1. The number of hydrogen-bond acceptors (Lipinski definition) is 4. The highest BCUT2D eigenvalue weighted by Crippen LogP contribution is 2.30. The summed E-state index contributed by atoms with van der Waals surface area (Å²) < 4.78 is 32.6. The summed E-state index contributed by atoms with van der Waals surface area (Å²) in [5.41, 5.74) is 0.556. The lowest BCUT2D eigenvalue weighted by molar-refractivity contribution is -0.115. The van der Waals surface area contributed by atoms with E-state index < -0.39 is 10.0 Å². The molecule has 0 atom stereocenters. The van der Waals surface area contributed by atoms with Crippen molar-refractivity contribution in [3.05, 3.63) is 47.5 Å². The summed E-state index contributed by atoms with van der Waals surface area (Å²) >= 11 is 5.98.